The first kappa shape index (κ1) is 36.2. The molecule has 2 amide bonds. The summed E-state index contributed by atoms with van der Waals surface area (Å²) in [5.74, 6) is -0.540. The molecule has 0 unspecified atom stereocenters. The molecule has 262 valence electrons. The Labute approximate surface area is 297 Å². The number of hydrogen-bond donors (Lipinski definition) is 3. The van der Waals surface area contributed by atoms with Crippen LogP contribution in [0.2, 0.25) is 0 Å². The minimum Gasteiger partial charge on any atom is -0.485 e. The molecule has 0 saturated heterocycles. The third-order valence-corrected chi connectivity index (χ3v) is 7.75. The van der Waals surface area contributed by atoms with Gasteiger partial charge in [-0.1, -0.05) is 127 Å². The first-order chi connectivity index (χ1) is 25.0. The summed E-state index contributed by atoms with van der Waals surface area (Å²) in [5.41, 5.74) is 4.10. The van der Waals surface area contributed by atoms with Gasteiger partial charge in [0.05, 0.1) is 6.61 Å². The minimum atomic E-state index is -1.39. The number of alkyl carbamates (subject to hydrolysis) is 1. The SMILES string of the molecule is O=C(N[C@@H](CO)C(=O)N[C@@H](Cc1ccc(OCc2ccccc2)c(OCc2ccccc2)c1)C(=O)OCc1ccccc1)OCc1ccccc1. The largest absolute Gasteiger partial charge is 0.485 e. The number of hydrogen-bond acceptors (Lipinski definition) is 8. The van der Waals surface area contributed by atoms with E-state index in [9.17, 15) is 19.5 Å². The Morgan fingerprint density at radius 2 is 0.980 bits per heavy atom. The highest BCUT2D eigenvalue weighted by molar-refractivity contribution is 5.90. The molecule has 5 aromatic rings. The van der Waals surface area contributed by atoms with E-state index in [1.54, 1.807) is 42.5 Å². The smallest absolute Gasteiger partial charge is 0.408 e. The lowest BCUT2D eigenvalue weighted by molar-refractivity contribution is -0.149. The Morgan fingerprint density at radius 1 is 0.510 bits per heavy atom. The van der Waals surface area contributed by atoms with Crippen LogP contribution >= 0.6 is 0 Å². The normalized spacial score (nSPS) is 11.8. The lowest BCUT2D eigenvalue weighted by atomic mass is 10.0. The van der Waals surface area contributed by atoms with E-state index in [1.807, 2.05) is 97.1 Å². The Morgan fingerprint density at radius 3 is 1.49 bits per heavy atom. The van der Waals surface area contributed by atoms with Gasteiger partial charge < -0.3 is 34.7 Å². The number of aliphatic hydroxyl groups is 1. The molecular weight excluding hydrogens is 648 g/mol. The van der Waals surface area contributed by atoms with Crippen molar-refractivity contribution >= 4 is 18.0 Å². The summed E-state index contributed by atoms with van der Waals surface area (Å²) in [6, 6.07) is 40.3. The number of amides is 2. The van der Waals surface area contributed by atoms with Gasteiger partial charge >= 0.3 is 12.1 Å². The van der Waals surface area contributed by atoms with Gasteiger partial charge in [0.25, 0.3) is 0 Å². The van der Waals surface area contributed by atoms with E-state index in [1.165, 1.54) is 0 Å². The van der Waals surface area contributed by atoms with E-state index < -0.39 is 36.7 Å². The van der Waals surface area contributed by atoms with Crippen LogP contribution < -0.4 is 20.1 Å². The van der Waals surface area contributed by atoms with Crippen molar-refractivity contribution in [3.8, 4) is 11.5 Å². The zero-order valence-electron chi connectivity index (χ0n) is 28.0. The van der Waals surface area contributed by atoms with Gasteiger partial charge in [-0.3, -0.25) is 4.79 Å². The van der Waals surface area contributed by atoms with Gasteiger partial charge in [0.1, 0.15) is 38.5 Å². The fraction of sp³-hybridized carbons (Fsp3) is 0.195. The molecule has 0 radical (unpaired) electrons. The van der Waals surface area contributed by atoms with Crippen LogP contribution in [0.1, 0.15) is 27.8 Å². The lowest BCUT2D eigenvalue weighted by Gasteiger charge is -2.22. The van der Waals surface area contributed by atoms with E-state index in [0.717, 1.165) is 22.3 Å². The number of carbonyl (C=O) groups is 3. The fourth-order valence-corrected chi connectivity index (χ4v) is 5.01. The highest BCUT2D eigenvalue weighted by Crippen LogP contribution is 2.31. The molecule has 5 rings (SSSR count). The molecule has 5 aromatic carbocycles. The number of rotatable bonds is 17. The first-order valence-electron chi connectivity index (χ1n) is 16.5. The van der Waals surface area contributed by atoms with E-state index >= 15 is 0 Å². The minimum absolute atomic E-state index is 0.0105. The van der Waals surface area contributed by atoms with Crippen LogP contribution in [0.5, 0.6) is 11.5 Å². The summed E-state index contributed by atoms with van der Waals surface area (Å²) in [5, 5.41) is 15.0. The number of carbonyl (C=O) groups excluding carboxylic acids is 3. The summed E-state index contributed by atoms with van der Waals surface area (Å²) >= 11 is 0. The van der Waals surface area contributed by atoms with Crippen LogP contribution in [0.4, 0.5) is 4.79 Å². The highest BCUT2D eigenvalue weighted by Gasteiger charge is 2.28. The van der Waals surface area contributed by atoms with Crippen molar-refractivity contribution in [2.24, 2.45) is 0 Å². The summed E-state index contributed by atoms with van der Waals surface area (Å²) in [7, 11) is 0. The van der Waals surface area contributed by atoms with Crippen molar-refractivity contribution in [2.45, 2.75) is 44.9 Å². The molecule has 51 heavy (non-hydrogen) atoms. The van der Waals surface area contributed by atoms with Crippen molar-refractivity contribution < 1.29 is 38.4 Å². The molecule has 0 fully saturated rings. The summed E-state index contributed by atoms with van der Waals surface area (Å²) in [6.07, 6.45) is -0.890. The quantitative estimate of drug-likeness (QED) is 0.103. The predicted octanol–water partition coefficient (Wildman–Crippen LogP) is 5.90. The van der Waals surface area contributed by atoms with Gasteiger partial charge in [0.15, 0.2) is 11.5 Å². The second-order valence-corrected chi connectivity index (χ2v) is 11.6. The maximum Gasteiger partial charge on any atom is 0.408 e. The van der Waals surface area contributed by atoms with Crippen molar-refractivity contribution in [3.63, 3.8) is 0 Å². The molecule has 0 aromatic heterocycles. The molecule has 2 atom stereocenters. The van der Waals surface area contributed by atoms with E-state index in [2.05, 4.69) is 10.6 Å². The second kappa shape index (κ2) is 19.2. The van der Waals surface area contributed by atoms with Crippen molar-refractivity contribution in [1.29, 1.82) is 0 Å². The monoisotopic (exact) mass is 688 g/mol. The molecular formula is C41H40N2O8. The third-order valence-electron chi connectivity index (χ3n) is 7.75. The van der Waals surface area contributed by atoms with E-state index in [4.69, 9.17) is 18.9 Å². The maximum absolute atomic E-state index is 13.5. The molecule has 0 bridgehead atoms. The number of esters is 1. The van der Waals surface area contributed by atoms with Crippen LogP contribution in [-0.2, 0) is 51.9 Å². The topological polar surface area (TPSA) is 132 Å². The standard InChI is InChI=1S/C41H40N2O8/c44-25-36(43-41(47)51-29-33-19-11-4-12-20-33)39(45)42-35(40(46)50-28-32-17-9-3-10-18-32)23-34-21-22-37(48-26-30-13-5-1-6-14-30)38(24-34)49-27-31-15-7-2-8-16-31/h1-22,24,35-36,44H,23,25-29H2,(H,42,45)(H,43,47)/t35-,36-/m0/s1. The second-order valence-electron chi connectivity index (χ2n) is 11.6. The van der Waals surface area contributed by atoms with Crippen LogP contribution in [0, 0.1) is 0 Å². The molecule has 0 spiro atoms. The van der Waals surface area contributed by atoms with E-state index in [0.29, 0.717) is 23.7 Å². The van der Waals surface area contributed by atoms with Gasteiger partial charge in [-0.05, 0) is 39.9 Å². The Kier molecular flexibility index (Phi) is 13.6. The van der Waals surface area contributed by atoms with Gasteiger partial charge in [-0.2, -0.15) is 0 Å². The average Bonchev–Trinajstić information content (AvgIpc) is 3.18. The Bertz CT molecular complexity index is 1820. The predicted molar refractivity (Wildman–Crippen MR) is 190 cm³/mol. The van der Waals surface area contributed by atoms with Crippen molar-refractivity contribution in [2.75, 3.05) is 6.61 Å². The van der Waals surface area contributed by atoms with Crippen molar-refractivity contribution in [3.05, 3.63) is 167 Å². The zero-order chi connectivity index (χ0) is 35.7. The summed E-state index contributed by atoms with van der Waals surface area (Å²) in [6.45, 7) is -0.188. The Balaban J connectivity index is 1.32. The number of ether oxygens (including phenoxy) is 4. The number of nitrogens with one attached hydrogen (secondary N) is 2. The average molecular weight is 689 g/mol. The van der Waals surface area contributed by atoms with E-state index in [-0.39, 0.29) is 26.2 Å². The van der Waals surface area contributed by atoms with Gasteiger partial charge in [-0.15, -0.1) is 0 Å². The zero-order valence-corrected chi connectivity index (χ0v) is 28.0. The van der Waals surface area contributed by atoms with Crippen molar-refractivity contribution in [1.82, 2.24) is 10.6 Å². The van der Waals surface area contributed by atoms with Crippen LogP contribution in [0.3, 0.4) is 0 Å². The molecule has 0 saturated carbocycles. The highest BCUT2D eigenvalue weighted by atomic mass is 16.5. The third kappa shape index (κ3) is 11.8. The molecule has 0 aliphatic rings. The first-order valence-corrected chi connectivity index (χ1v) is 16.5. The van der Waals surface area contributed by atoms with Crippen LogP contribution in [-0.4, -0.2) is 41.8 Å². The summed E-state index contributed by atoms with van der Waals surface area (Å²) < 4.78 is 23.2. The number of aliphatic hydroxyl groups excluding tert-OH is 1. The van der Waals surface area contributed by atoms with Crippen LogP contribution in [0.25, 0.3) is 0 Å². The molecule has 0 aliphatic heterocycles. The summed E-state index contributed by atoms with van der Waals surface area (Å²) in [4.78, 5) is 39.4. The van der Waals surface area contributed by atoms with Gasteiger partial charge in [0.2, 0.25) is 5.91 Å². The molecule has 0 aliphatic carbocycles. The fourth-order valence-electron chi connectivity index (χ4n) is 5.01. The molecule has 10 nitrogen and oxygen atoms in total. The lowest BCUT2D eigenvalue weighted by Crippen LogP contribution is -2.54. The number of benzene rings is 5. The van der Waals surface area contributed by atoms with Crippen LogP contribution in [0.15, 0.2) is 140 Å². The van der Waals surface area contributed by atoms with Gasteiger partial charge in [0, 0.05) is 6.42 Å². The molecule has 3 N–H and O–H groups in total. The van der Waals surface area contributed by atoms with Gasteiger partial charge in [-0.25, -0.2) is 9.59 Å². The maximum atomic E-state index is 13.5. The molecule has 10 heteroatoms. The molecule has 0 heterocycles. The Hall–Kier alpha value is -6.13.